The number of halogens is 1. The molecule has 0 spiro atoms. The summed E-state index contributed by atoms with van der Waals surface area (Å²) < 4.78 is 5.21. The summed E-state index contributed by atoms with van der Waals surface area (Å²) in [6.45, 7) is 11.7. The molecule has 1 aliphatic carbocycles. The number of aliphatic hydroxyl groups is 5. The van der Waals surface area contributed by atoms with E-state index in [0.717, 1.165) is 43.6 Å². The van der Waals surface area contributed by atoms with Gasteiger partial charge in [-0.25, -0.2) is 14.8 Å². The zero-order valence-electron chi connectivity index (χ0n) is 57.6. The molecule has 0 bridgehead atoms. The molecule has 6 aliphatic heterocycles. The summed E-state index contributed by atoms with van der Waals surface area (Å²) in [5.74, 6) is -9.91. The van der Waals surface area contributed by atoms with Gasteiger partial charge in [-0.3, -0.25) is 38.5 Å². The van der Waals surface area contributed by atoms with Gasteiger partial charge in [-0.1, -0.05) is 105 Å². The number of likely N-dealkylation sites (tertiary alicyclic amines) is 1. The van der Waals surface area contributed by atoms with Crippen molar-refractivity contribution in [1.82, 2.24) is 56.7 Å². The molecule has 561 valence electrons. The molecule has 0 radical (unpaired) electrons. The first-order chi connectivity index (χ1) is 47.4. The average Bonchev–Trinajstić information content (AvgIpc) is 1.70. The maximum atomic E-state index is 14.1. The normalized spacial score (nSPS) is 28.3. The SMILES string of the molecule is C1CCC(C2CCCC[N-]2)[N-]C1.C1CCC(C2CCCC[N-]2)[N-]C1.CC(C)CC(NC(=O)C(Cc1cnc[nH]1)NC(=O)C(NCC1(O)OCC(O)C(O)C1O)C(C)C)C(=O)NC(C(=O)NC(CSC1CC(=O)N(C2CCC(C(=O)NCCc3cnc[nH]3)CC2)C1=O)C(=O)O)C(C)O.[Cl][Os]. The number of nitrogens with zero attached hydrogens (tertiary/aromatic N) is 7. The van der Waals surface area contributed by atoms with Gasteiger partial charge in [0.1, 0.15) is 42.5 Å². The summed E-state index contributed by atoms with van der Waals surface area (Å²) in [5, 5.41) is 95.6. The Hall–Kier alpha value is -4.78. The van der Waals surface area contributed by atoms with E-state index in [4.69, 9.17) is 4.74 Å². The number of carboxylic acid groups (broad SMARTS) is 1. The molecule has 7 amide bonds. The molecule has 8 heterocycles. The molecule has 33 heteroatoms. The predicted molar refractivity (Wildman–Crippen MR) is 367 cm³/mol. The molecular formula is C66H107ClN15O15OsS-4. The molecule has 14 N–H and O–H groups in total. The van der Waals surface area contributed by atoms with Gasteiger partial charge in [0.05, 0.1) is 43.2 Å². The number of piperidine rings is 4. The fraction of sp³-hybridized carbons (Fsp3) is 0.788. The number of hydrogen-bond donors (Lipinski definition) is 14. The standard InChI is InChI=1S/C46H71N11O15S.2C10H18N2.ClH.Os/c1-22(2)12-29(53-40(64)30(13-27-16-48-21-52-27)54-42(66)35(23(3)4)50-19-46(71)38(62)37(61)32(59)17-72-46)41(65)56-36(24(5)58)43(67)55-31(45(69)70)18-73-33-14-34(60)57(44(33)68)28-8-6-25(7-9-28)39(63)49-11-10-26-15-47-20-51-26;2*1-3-7-11-9(5-1)10-6-2-4-8-12-10;;/h15-16,20-25,28-33,35-38,50,58-59,61-62,71H,6-14,17-19H2,1-5H3,(H,47,51)(H,48,52)(H,49,63)(H,53,64)(H,54,66)(H,55,67)(H,56,65)(H,69,70);2*9-10H,1-8H2;1H;/q;2*-2;;+1/p-1. The van der Waals surface area contributed by atoms with Crippen molar-refractivity contribution in [2.75, 3.05) is 51.6 Å². The Kier molecular flexibility index (Phi) is 35.9. The van der Waals surface area contributed by atoms with E-state index in [2.05, 4.69) is 82.7 Å². The van der Waals surface area contributed by atoms with Crippen LogP contribution in [0.2, 0.25) is 0 Å². The van der Waals surface area contributed by atoms with E-state index in [1.54, 1.807) is 40.2 Å². The Morgan fingerprint density at radius 3 is 1.68 bits per heavy atom. The van der Waals surface area contributed by atoms with Gasteiger partial charge in [0.2, 0.25) is 47.1 Å². The van der Waals surface area contributed by atoms with Gasteiger partial charge in [-0.2, -0.15) is 24.2 Å². The monoisotopic (exact) mass is 1610 g/mol. The number of aliphatic hydroxyl groups excluding tert-OH is 4. The van der Waals surface area contributed by atoms with Crippen LogP contribution in [0.3, 0.4) is 0 Å². The van der Waals surface area contributed by atoms with Gasteiger partial charge in [-0.15, -0.1) is 37.9 Å². The minimum absolute atomic E-state index is 0.00229. The molecule has 99 heavy (non-hydrogen) atoms. The number of H-pyrrole nitrogens is 2. The number of hydrogen-bond acceptors (Lipinski definition) is 18. The number of nitrogens with one attached hydrogen (secondary N) is 8. The van der Waals surface area contributed by atoms with Crippen LogP contribution in [-0.2, 0) is 73.5 Å². The van der Waals surface area contributed by atoms with Crippen LogP contribution in [0.4, 0.5) is 0 Å². The Morgan fingerprint density at radius 1 is 0.697 bits per heavy atom. The number of aliphatic carboxylic acids is 1. The Morgan fingerprint density at radius 2 is 1.20 bits per heavy atom. The van der Waals surface area contributed by atoms with Crippen LogP contribution < -0.4 is 31.9 Å². The Bertz CT molecular complexity index is 2710. The van der Waals surface area contributed by atoms with Gasteiger partial charge in [0.25, 0.3) is 0 Å². The first kappa shape index (κ1) is 83.2. The van der Waals surface area contributed by atoms with E-state index >= 15 is 0 Å². The molecule has 2 aromatic heterocycles. The summed E-state index contributed by atoms with van der Waals surface area (Å²) >= 11 is 2.20. The summed E-state index contributed by atoms with van der Waals surface area (Å²) in [6.07, 6.45) is 17.2. The van der Waals surface area contributed by atoms with E-state index in [1.165, 1.54) is 119 Å². The number of rotatable bonds is 28. The fourth-order valence-electron chi connectivity index (χ4n) is 13.4. The third kappa shape index (κ3) is 26.2. The van der Waals surface area contributed by atoms with Gasteiger partial charge in [0.15, 0.2) is 0 Å². The number of carbonyl (C=O) groups excluding carboxylic acids is 7. The number of aromatic nitrogens is 4. The minimum atomic E-state index is -2.39. The Labute approximate surface area is 599 Å². The van der Waals surface area contributed by atoms with Crippen molar-refractivity contribution in [3.05, 3.63) is 57.7 Å². The molecular weight excluding hydrogens is 1500 g/mol. The predicted octanol–water partition coefficient (Wildman–Crippen LogP) is 2.68. The van der Waals surface area contributed by atoms with E-state index in [9.17, 15) is 69.0 Å². The van der Waals surface area contributed by atoms with E-state index in [1.807, 2.05) is 0 Å². The summed E-state index contributed by atoms with van der Waals surface area (Å²) in [4.78, 5) is 123. The first-order valence-corrected chi connectivity index (χ1v) is 39.4. The van der Waals surface area contributed by atoms with Crippen LogP contribution in [0.1, 0.15) is 162 Å². The second-order valence-corrected chi connectivity index (χ2v) is 28.8. The van der Waals surface area contributed by atoms with Crippen LogP contribution >= 0.6 is 21.4 Å². The number of carboxylic acids is 1. The van der Waals surface area contributed by atoms with E-state index in [-0.39, 0.29) is 42.8 Å². The first-order valence-electron chi connectivity index (χ1n) is 35.2. The second-order valence-electron chi connectivity index (χ2n) is 27.5. The summed E-state index contributed by atoms with van der Waals surface area (Å²) in [7, 11) is 4.67. The van der Waals surface area contributed by atoms with E-state index in [0.29, 0.717) is 68.5 Å². The number of imide groups is 1. The number of thioether (sulfide) groups is 1. The number of imidazole rings is 2. The van der Waals surface area contributed by atoms with Crippen molar-refractivity contribution in [2.45, 2.75) is 259 Å². The molecule has 9 rings (SSSR count). The van der Waals surface area contributed by atoms with Crippen molar-refractivity contribution in [3.8, 4) is 0 Å². The van der Waals surface area contributed by atoms with Gasteiger partial charge < -0.3 is 98.5 Å². The van der Waals surface area contributed by atoms with Crippen LogP contribution in [0.15, 0.2) is 25.0 Å². The number of carbonyl (C=O) groups is 8. The van der Waals surface area contributed by atoms with E-state index < -0.39 is 132 Å². The van der Waals surface area contributed by atoms with Crippen molar-refractivity contribution in [2.24, 2.45) is 17.8 Å². The number of amides is 7. The maximum absolute atomic E-state index is 14.1. The molecule has 7 fully saturated rings. The van der Waals surface area contributed by atoms with Gasteiger partial charge in [-0.05, 0) is 50.9 Å². The number of aromatic amines is 2. The molecule has 15 unspecified atom stereocenters. The third-order valence-corrected chi connectivity index (χ3v) is 20.4. The quantitative estimate of drug-likeness (QED) is 0.0545. The molecule has 6 saturated heterocycles. The van der Waals surface area contributed by atoms with Crippen molar-refractivity contribution in [1.29, 1.82) is 0 Å². The van der Waals surface area contributed by atoms with Gasteiger partial charge in [0, 0.05) is 67.3 Å². The zero-order chi connectivity index (χ0) is 72.2. The van der Waals surface area contributed by atoms with Crippen LogP contribution in [-0.4, -0.2) is 250 Å². The molecule has 15 atom stereocenters. The molecule has 7 aliphatic rings. The number of ether oxygens (including phenoxy) is 1. The zero-order valence-corrected chi connectivity index (χ0v) is 61.7. The summed E-state index contributed by atoms with van der Waals surface area (Å²) in [6, 6.07) is -5.29. The third-order valence-electron chi connectivity index (χ3n) is 19.1. The van der Waals surface area contributed by atoms with Crippen LogP contribution in [0.25, 0.3) is 21.3 Å². The topological polar surface area (TPSA) is 456 Å². The van der Waals surface area contributed by atoms with Crippen molar-refractivity contribution in [3.63, 3.8) is 0 Å². The molecule has 1 saturated carbocycles. The fourth-order valence-corrected chi connectivity index (χ4v) is 14.6. The van der Waals surface area contributed by atoms with Crippen LogP contribution in [0, 0.1) is 17.8 Å². The van der Waals surface area contributed by atoms with Gasteiger partial charge >= 0.3 is 33.2 Å². The molecule has 30 nitrogen and oxygen atoms in total. The van der Waals surface area contributed by atoms with Crippen molar-refractivity contribution >= 4 is 68.7 Å². The average molecular weight is 1610 g/mol. The molecule has 2 aromatic rings. The summed E-state index contributed by atoms with van der Waals surface area (Å²) in [5.41, 5.74) is 1.30. The van der Waals surface area contributed by atoms with Crippen LogP contribution in [0.5, 0.6) is 0 Å². The molecule has 0 aromatic carbocycles. The Balaban J connectivity index is 0.000000486. The second kappa shape index (κ2) is 42.7. The van der Waals surface area contributed by atoms with Crippen molar-refractivity contribution < 1.29 is 91.3 Å².